The zero-order chi connectivity index (χ0) is 18.1. The van der Waals surface area contributed by atoms with Gasteiger partial charge in [-0.05, 0) is 41.3 Å². The Bertz CT molecular complexity index is 881. The molecular formula is C17H15ClF2N4O. The van der Waals surface area contributed by atoms with Crippen LogP contribution in [0.4, 0.5) is 13.6 Å². The minimum absolute atomic E-state index is 0.178. The molecule has 0 unspecified atom stereocenters. The molecular weight excluding hydrogens is 350 g/mol. The van der Waals surface area contributed by atoms with Gasteiger partial charge in [0.2, 0.25) is 0 Å². The number of nitrogens with two attached hydrogens (primary N) is 2. The van der Waals surface area contributed by atoms with Crippen LogP contribution in [0.1, 0.15) is 11.1 Å². The first-order chi connectivity index (χ1) is 11.9. The van der Waals surface area contributed by atoms with Crippen molar-refractivity contribution in [3.8, 4) is 11.1 Å². The highest BCUT2D eigenvalue weighted by Crippen LogP contribution is 2.36. The highest BCUT2D eigenvalue weighted by atomic mass is 35.5. The van der Waals surface area contributed by atoms with Gasteiger partial charge in [-0.15, -0.1) is 0 Å². The molecule has 5 nitrogen and oxygen atoms in total. The summed E-state index contributed by atoms with van der Waals surface area (Å²) in [5.74, 6) is -1.67. The molecule has 1 heterocycles. The van der Waals surface area contributed by atoms with E-state index in [0.29, 0.717) is 29.1 Å². The minimum Gasteiger partial charge on any atom is -0.370 e. The third-order valence-corrected chi connectivity index (χ3v) is 4.43. The number of halogens is 3. The molecule has 25 heavy (non-hydrogen) atoms. The van der Waals surface area contributed by atoms with E-state index in [1.54, 1.807) is 12.1 Å². The number of benzene rings is 2. The van der Waals surface area contributed by atoms with Crippen molar-refractivity contribution in [2.24, 2.45) is 16.5 Å². The molecule has 2 aromatic rings. The number of hydrogen-bond acceptors (Lipinski definition) is 1. The summed E-state index contributed by atoms with van der Waals surface area (Å²) in [7, 11) is 0. The topological polar surface area (TPSA) is 84.7 Å². The van der Waals surface area contributed by atoms with Crippen molar-refractivity contribution < 1.29 is 13.6 Å². The molecule has 1 aliphatic heterocycles. The second-order valence-electron chi connectivity index (χ2n) is 5.67. The van der Waals surface area contributed by atoms with Crippen LogP contribution in [0.3, 0.4) is 0 Å². The van der Waals surface area contributed by atoms with Crippen molar-refractivity contribution >= 4 is 23.6 Å². The summed E-state index contributed by atoms with van der Waals surface area (Å²) in [4.78, 5) is 17.1. The van der Waals surface area contributed by atoms with Crippen molar-refractivity contribution in [3.63, 3.8) is 0 Å². The summed E-state index contributed by atoms with van der Waals surface area (Å²) in [5, 5.41) is 0.537. The number of urea groups is 1. The Morgan fingerprint density at radius 1 is 1.12 bits per heavy atom. The van der Waals surface area contributed by atoms with E-state index in [1.807, 2.05) is 0 Å². The SMILES string of the molecule is NC(N)=NC(=O)N1CCc2c(Cl)ccc(-c3ccc(F)cc3F)c2C1. The number of carbonyl (C=O) groups is 1. The van der Waals surface area contributed by atoms with Crippen LogP contribution in [0.25, 0.3) is 11.1 Å². The van der Waals surface area contributed by atoms with E-state index in [-0.39, 0.29) is 18.1 Å². The fourth-order valence-corrected chi connectivity index (χ4v) is 3.21. The van der Waals surface area contributed by atoms with Gasteiger partial charge in [0.25, 0.3) is 0 Å². The van der Waals surface area contributed by atoms with Crippen LogP contribution in [0.2, 0.25) is 5.02 Å². The van der Waals surface area contributed by atoms with Crippen LogP contribution >= 0.6 is 11.6 Å². The maximum atomic E-state index is 14.2. The number of hydrogen-bond donors (Lipinski definition) is 2. The van der Waals surface area contributed by atoms with E-state index in [1.165, 1.54) is 17.0 Å². The smallest absolute Gasteiger partial charge is 0.347 e. The lowest BCUT2D eigenvalue weighted by atomic mass is 9.91. The highest BCUT2D eigenvalue weighted by Gasteiger charge is 2.25. The molecule has 3 rings (SSSR count). The summed E-state index contributed by atoms with van der Waals surface area (Å²) in [6.07, 6.45) is 0.483. The lowest BCUT2D eigenvalue weighted by molar-refractivity contribution is 0.203. The van der Waals surface area contributed by atoms with Gasteiger partial charge in [-0.2, -0.15) is 4.99 Å². The van der Waals surface area contributed by atoms with Crippen LogP contribution in [-0.2, 0) is 13.0 Å². The van der Waals surface area contributed by atoms with E-state index in [0.717, 1.165) is 11.6 Å². The lowest BCUT2D eigenvalue weighted by Crippen LogP contribution is -2.36. The Hall–Kier alpha value is -2.67. The largest absolute Gasteiger partial charge is 0.370 e. The lowest BCUT2D eigenvalue weighted by Gasteiger charge is -2.30. The third-order valence-electron chi connectivity index (χ3n) is 4.07. The molecule has 0 saturated carbocycles. The molecule has 0 bridgehead atoms. The van der Waals surface area contributed by atoms with E-state index in [2.05, 4.69) is 4.99 Å². The summed E-state index contributed by atoms with van der Waals surface area (Å²) < 4.78 is 27.4. The molecule has 0 saturated heterocycles. The zero-order valence-corrected chi connectivity index (χ0v) is 13.9. The standard InChI is InChI=1S/C17H15ClF2N4O/c18-14-4-3-10(12-2-1-9(19)7-15(12)20)13-8-24(6-5-11(13)14)17(25)23-16(21)22/h1-4,7H,5-6,8H2,(H4,21,22,23,25). The van der Waals surface area contributed by atoms with E-state index < -0.39 is 17.7 Å². The van der Waals surface area contributed by atoms with Gasteiger partial charge < -0.3 is 16.4 Å². The fraction of sp³-hybridized carbons (Fsp3) is 0.176. The van der Waals surface area contributed by atoms with Crippen LogP contribution in [-0.4, -0.2) is 23.4 Å². The molecule has 0 radical (unpaired) electrons. The fourth-order valence-electron chi connectivity index (χ4n) is 2.94. The highest BCUT2D eigenvalue weighted by molar-refractivity contribution is 6.31. The van der Waals surface area contributed by atoms with Crippen LogP contribution in [0, 0.1) is 11.6 Å². The molecule has 130 valence electrons. The monoisotopic (exact) mass is 364 g/mol. The Morgan fingerprint density at radius 2 is 1.84 bits per heavy atom. The van der Waals surface area contributed by atoms with Gasteiger partial charge in [-0.3, -0.25) is 0 Å². The second kappa shape index (κ2) is 6.68. The maximum absolute atomic E-state index is 14.2. The molecule has 2 amide bonds. The van der Waals surface area contributed by atoms with Crippen LogP contribution < -0.4 is 11.5 Å². The molecule has 0 aliphatic carbocycles. The first kappa shape index (κ1) is 17.2. The summed E-state index contributed by atoms with van der Waals surface area (Å²) in [6.45, 7) is 0.565. The van der Waals surface area contributed by atoms with Crippen molar-refractivity contribution in [1.82, 2.24) is 4.90 Å². The maximum Gasteiger partial charge on any atom is 0.347 e. The second-order valence-corrected chi connectivity index (χ2v) is 6.07. The predicted molar refractivity (Wildman–Crippen MR) is 92.1 cm³/mol. The molecule has 8 heteroatoms. The normalized spacial score (nSPS) is 13.3. The quantitative estimate of drug-likeness (QED) is 0.602. The number of carbonyl (C=O) groups excluding carboxylic acids is 1. The third kappa shape index (κ3) is 3.41. The molecule has 0 aromatic heterocycles. The number of aliphatic imine (C=N–C) groups is 1. The molecule has 2 aromatic carbocycles. The number of fused-ring (bicyclic) bond motifs is 1. The van der Waals surface area contributed by atoms with E-state index in [9.17, 15) is 13.6 Å². The molecule has 4 N–H and O–H groups in total. The Morgan fingerprint density at radius 3 is 2.52 bits per heavy atom. The number of nitrogens with zero attached hydrogens (tertiary/aromatic N) is 2. The molecule has 0 atom stereocenters. The van der Waals surface area contributed by atoms with Gasteiger partial charge in [-0.1, -0.05) is 17.7 Å². The number of guanidine groups is 1. The number of amides is 2. The minimum atomic E-state index is -0.683. The molecule has 0 fully saturated rings. The average molecular weight is 365 g/mol. The van der Waals surface area contributed by atoms with Gasteiger partial charge in [0.1, 0.15) is 11.6 Å². The van der Waals surface area contributed by atoms with E-state index in [4.69, 9.17) is 23.1 Å². The van der Waals surface area contributed by atoms with Crippen LogP contribution in [0.5, 0.6) is 0 Å². The first-order valence-electron chi connectivity index (χ1n) is 7.51. The molecule has 1 aliphatic rings. The van der Waals surface area contributed by atoms with E-state index >= 15 is 0 Å². The molecule has 0 spiro atoms. The first-order valence-corrected chi connectivity index (χ1v) is 7.89. The summed E-state index contributed by atoms with van der Waals surface area (Å²) >= 11 is 6.25. The Kier molecular flexibility index (Phi) is 4.59. The van der Waals surface area contributed by atoms with Gasteiger partial charge in [-0.25, -0.2) is 13.6 Å². The summed E-state index contributed by atoms with van der Waals surface area (Å²) in [5.41, 5.74) is 12.8. The van der Waals surface area contributed by atoms with Gasteiger partial charge in [0, 0.05) is 29.7 Å². The average Bonchev–Trinajstić information content (AvgIpc) is 2.55. The predicted octanol–water partition coefficient (Wildman–Crippen LogP) is 3.04. The zero-order valence-electron chi connectivity index (χ0n) is 13.1. The Balaban J connectivity index is 2.07. The summed E-state index contributed by atoms with van der Waals surface area (Å²) in [6, 6.07) is 6.13. The van der Waals surface area contributed by atoms with Crippen molar-refractivity contribution in [2.45, 2.75) is 13.0 Å². The van der Waals surface area contributed by atoms with Gasteiger partial charge >= 0.3 is 6.03 Å². The number of rotatable bonds is 1. The van der Waals surface area contributed by atoms with Crippen molar-refractivity contribution in [3.05, 3.63) is 58.1 Å². The van der Waals surface area contributed by atoms with Gasteiger partial charge in [0.05, 0.1) is 0 Å². The van der Waals surface area contributed by atoms with Crippen LogP contribution in [0.15, 0.2) is 35.3 Å². The van der Waals surface area contributed by atoms with Crippen molar-refractivity contribution in [1.29, 1.82) is 0 Å². The van der Waals surface area contributed by atoms with Crippen molar-refractivity contribution in [2.75, 3.05) is 6.54 Å². The Labute approximate surface area is 147 Å². The van der Waals surface area contributed by atoms with Gasteiger partial charge in [0.15, 0.2) is 5.96 Å².